The first-order chi connectivity index (χ1) is 4.66. The highest BCUT2D eigenvalue weighted by atomic mass is 15.3. The topological polar surface area (TPSA) is 55.9 Å². The fourth-order valence-electron chi connectivity index (χ4n) is 0.985. The Labute approximate surface area is 60.0 Å². The van der Waals surface area contributed by atoms with Crippen LogP contribution in [0.4, 0.5) is 11.5 Å². The lowest BCUT2D eigenvalue weighted by molar-refractivity contribution is 0.767. The first-order valence-corrected chi connectivity index (χ1v) is 3.13. The molecule has 1 rings (SSSR count). The monoisotopic (exact) mass is 140 g/mol. The van der Waals surface area contributed by atoms with Crippen molar-refractivity contribution < 1.29 is 0 Å². The van der Waals surface area contributed by atoms with Crippen molar-refractivity contribution in [3.63, 3.8) is 0 Å². The van der Waals surface area contributed by atoms with E-state index in [1.165, 1.54) is 0 Å². The Morgan fingerprint density at radius 3 is 2.40 bits per heavy atom. The summed E-state index contributed by atoms with van der Waals surface area (Å²) in [4.78, 5) is 0. The van der Waals surface area contributed by atoms with Gasteiger partial charge < -0.3 is 11.1 Å². The SMILES string of the molecule is CNc1c(C)nn(C)c1N. The second-order valence-electron chi connectivity index (χ2n) is 2.22. The van der Waals surface area contributed by atoms with E-state index in [1.807, 2.05) is 21.0 Å². The van der Waals surface area contributed by atoms with Gasteiger partial charge in [-0.15, -0.1) is 0 Å². The molecule has 0 fully saturated rings. The number of anilines is 2. The summed E-state index contributed by atoms with van der Waals surface area (Å²) < 4.78 is 1.65. The minimum atomic E-state index is 0.681. The van der Waals surface area contributed by atoms with Crippen molar-refractivity contribution in [3.8, 4) is 0 Å². The number of rotatable bonds is 1. The van der Waals surface area contributed by atoms with Crippen LogP contribution in [0.3, 0.4) is 0 Å². The molecule has 0 saturated heterocycles. The predicted octanol–water partition coefficient (Wildman–Crippen LogP) is 0.352. The number of aromatic nitrogens is 2. The summed E-state index contributed by atoms with van der Waals surface area (Å²) in [5.41, 5.74) is 7.50. The molecule has 10 heavy (non-hydrogen) atoms. The zero-order valence-corrected chi connectivity index (χ0v) is 6.47. The molecule has 0 saturated carbocycles. The fraction of sp³-hybridized carbons (Fsp3) is 0.500. The van der Waals surface area contributed by atoms with Crippen LogP contribution in [0.25, 0.3) is 0 Å². The summed E-state index contributed by atoms with van der Waals surface area (Å²) in [5, 5.41) is 7.09. The summed E-state index contributed by atoms with van der Waals surface area (Å²) in [6.07, 6.45) is 0. The molecule has 1 heterocycles. The summed E-state index contributed by atoms with van der Waals surface area (Å²) in [7, 11) is 3.66. The molecule has 0 aromatic carbocycles. The van der Waals surface area contributed by atoms with Gasteiger partial charge in [-0.3, -0.25) is 4.68 Å². The number of hydrogen-bond acceptors (Lipinski definition) is 3. The maximum absolute atomic E-state index is 5.65. The summed E-state index contributed by atoms with van der Waals surface area (Å²) >= 11 is 0. The smallest absolute Gasteiger partial charge is 0.145 e. The molecule has 0 atom stereocenters. The molecule has 0 aliphatic heterocycles. The van der Waals surface area contributed by atoms with E-state index in [0.29, 0.717) is 5.82 Å². The first-order valence-electron chi connectivity index (χ1n) is 3.13. The van der Waals surface area contributed by atoms with Crippen LogP contribution < -0.4 is 11.1 Å². The van der Waals surface area contributed by atoms with Gasteiger partial charge in [-0.05, 0) is 6.92 Å². The fourth-order valence-corrected chi connectivity index (χ4v) is 0.985. The van der Waals surface area contributed by atoms with Crippen molar-refractivity contribution in [2.75, 3.05) is 18.1 Å². The quantitative estimate of drug-likeness (QED) is 0.592. The summed E-state index contributed by atoms with van der Waals surface area (Å²) in [5.74, 6) is 0.681. The Balaban J connectivity index is 3.20. The predicted molar refractivity (Wildman–Crippen MR) is 41.9 cm³/mol. The lowest BCUT2D eigenvalue weighted by Crippen LogP contribution is -1.99. The van der Waals surface area contributed by atoms with Gasteiger partial charge in [0.15, 0.2) is 0 Å². The van der Waals surface area contributed by atoms with Crippen LogP contribution in [0.5, 0.6) is 0 Å². The maximum Gasteiger partial charge on any atom is 0.145 e. The van der Waals surface area contributed by atoms with Crippen LogP contribution in [-0.4, -0.2) is 16.8 Å². The molecule has 0 unspecified atom stereocenters. The highest BCUT2D eigenvalue weighted by Gasteiger charge is 2.06. The normalized spacial score (nSPS) is 9.90. The summed E-state index contributed by atoms with van der Waals surface area (Å²) in [6.45, 7) is 1.92. The zero-order valence-electron chi connectivity index (χ0n) is 6.47. The molecular formula is C6H12N4. The van der Waals surface area contributed by atoms with Gasteiger partial charge in [0, 0.05) is 14.1 Å². The Morgan fingerprint density at radius 2 is 2.20 bits per heavy atom. The molecule has 4 nitrogen and oxygen atoms in total. The number of nitrogens with two attached hydrogens (primary N) is 1. The molecule has 0 radical (unpaired) electrons. The molecular weight excluding hydrogens is 128 g/mol. The van der Waals surface area contributed by atoms with Gasteiger partial charge in [0.05, 0.1) is 11.4 Å². The van der Waals surface area contributed by atoms with Crippen LogP contribution in [0.1, 0.15) is 5.69 Å². The molecule has 0 aliphatic rings. The van der Waals surface area contributed by atoms with E-state index in [9.17, 15) is 0 Å². The highest BCUT2D eigenvalue weighted by molar-refractivity contribution is 5.64. The molecule has 3 N–H and O–H groups in total. The number of aryl methyl sites for hydroxylation is 2. The van der Waals surface area contributed by atoms with E-state index in [4.69, 9.17) is 5.73 Å². The van der Waals surface area contributed by atoms with Gasteiger partial charge in [0.1, 0.15) is 5.82 Å². The molecule has 0 aliphatic carbocycles. The van der Waals surface area contributed by atoms with Crippen molar-refractivity contribution >= 4 is 11.5 Å². The third-order valence-corrected chi connectivity index (χ3v) is 1.52. The van der Waals surface area contributed by atoms with Gasteiger partial charge in [-0.2, -0.15) is 5.10 Å². The van der Waals surface area contributed by atoms with E-state index in [-0.39, 0.29) is 0 Å². The van der Waals surface area contributed by atoms with Crippen molar-refractivity contribution in [2.24, 2.45) is 7.05 Å². The van der Waals surface area contributed by atoms with Crippen molar-refractivity contribution in [1.29, 1.82) is 0 Å². The lowest BCUT2D eigenvalue weighted by atomic mass is 10.4. The number of hydrogen-bond donors (Lipinski definition) is 2. The Kier molecular flexibility index (Phi) is 1.53. The standard InChI is InChI=1S/C6H12N4/c1-4-5(8-2)6(7)10(3)9-4/h8H,7H2,1-3H3. The van der Waals surface area contributed by atoms with Crippen LogP contribution in [0.2, 0.25) is 0 Å². The van der Waals surface area contributed by atoms with Crippen LogP contribution in [-0.2, 0) is 7.05 Å². The number of nitrogens with zero attached hydrogens (tertiary/aromatic N) is 2. The van der Waals surface area contributed by atoms with Gasteiger partial charge in [-0.25, -0.2) is 0 Å². The third kappa shape index (κ3) is 0.814. The maximum atomic E-state index is 5.65. The minimum absolute atomic E-state index is 0.681. The Morgan fingerprint density at radius 1 is 1.60 bits per heavy atom. The number of nitrogen functional groups attached to an aromatic ring is 1. The van der Waals surface area contributed by atoms with Gasteiger partial charge in [-0.1, -0.05) is 0 Å². The van der Waals surface area contributed by atoms with Crippen molar-refractivity contribution in [3.05, 3.63) is 5.69 Å². The Bertz CT molecular complexity index is 238. The van der Waals surface area contributed by atoms with Gasteiger partial charge in [0.25, 0.3) is 0 Å². The highest BCUT2D eigenvalue weighted by Crippen LogP contribution is 2.19. The first kappa shape index (κ1) is 6.92. The van der Waals surface area contributed by atoms with E-state index in [1.54, 1.807) is 4.68 Å². The average molecular weight is 140 g/mol. The molecule has 0 amide bonds. The molecule has 1 aromatic rings. The van der Waals surface area contributed by atoms with E-state index in [0.717, 1.165) is 11.4 Å². The van der Waals surface area contributed by atoms with Crippen LogP contribution in [0, 0.1) is 6.92 Å². The van der Waals surface area contributed by atoms with E-state index < -0.39 is 0 Å². The zero-order chi connectivity index (χ0) is 7.72. The molecule has 0 bridgehead atoms. The second kappa shape index (κ2) is 2.21. The van der Waals surface area contributed by atoms with E-state index in [2.05, 4.69) is 10.4 Å². The van der Waals surface area contributed by atoms with Crippen LogP contribution >= 0.6 is 0 Å². The van der Waals surface area contributed by atoms with Gasteiger partial charge in [0.2, 0.25) is 0 Å². The third-order valence-electron chi connectivity index (χ3n) is 1.52. The largest absolute Gasteiger partial charge is 0.384 e. The molecule has 4 heteroatoms. The molecule has 0 spiro atoms. The average Bonchev–Trinajstić information content (AvgIpc) is 2.09. The van der Waals surface area contributed by atoms with E-state index >= 15 is 0 Å². The van der Waals surface area contributed by atoms with Crippen molar-refractivity contribution in [2.45, 2.75) is 6.92 Å². The molecule has 1 aromatic heterocycles. The van der Waals surface area contributed by atoms with Gasteiger partial charge >= 0.3 is 0 Å². The second-order valence-corrected chi connectivity index (χ2v) is 2.22. The van der Waals surface area contributed by atoms with Crippen LogP contribution in [0.15, 0.2) is 0 Å². The van der Waals surface area contributed by atoms with Crippen molar-refractivity contribution in [1.82, 2.24) is 9.78 Å². The molecule has 56 valence electrons. The lowest BCUT2D eigenvalue weighted by Gasteiger charge is -1.97. The number of nitrogens with one attached hydrogen (secondary N) is 1. The minimum Gasteiger partial charge on any atom is -0.384 e. The summed E-state index contributed by atoms with van der Waals surface area (Å²) in [6, 6.07) is 0. The Hall–Kier alpha value is -1.19.